The Bertz CT molecular complexity index is 635. The van der Waals surface area contributed by atoms with Gasteiger partial charge in [0.15, 0.2) is 0 Å². The number of carbonyl (C=O) groups is 3. The lowest BCUT2D eigenvalue weighted by molar-refractivity contribution is -0.142. The summed E-state index contributed by atoms with van der Waals surface area (Å²) in [5.74, 6) is -0.749. The van der Waals surface area contributed by atoms with Crippen molar-refractivity contribution in [2.75, 3.05) is 40.2 Å². The normalized spacial score (nSPS) is 12.7. The molecule has 0 saturated carbocycles. The summed E-state index contributed by atoms with van der Waals surface area (Å²) < 4.78 is 9.71. The van der Waals surface area contributed by atoms with Crippen molar-refractivity contribution in [1.82, 2.24) is 15.2 Å². The Labute approximate surface area is 146 Å². The van der Waals surface area contributed by atoms with Crippen LogP contribution in [0.25, 0.3) is 0 Å². The summed E-state index contributed by atoms with van der Waals surface area (Å²) in [5, 5.41) is 5.30. The number of esters is 1. The van der Waals surface area contributed by atoms with Gasteiger partial charge in [-0.3, -0.25) is 14.6 Å². The molecule has 0 spiro atoms. The number of methoxy groups -OCH3 is 2. The zero-order valence-corrected chi connectivity index (χ0v) is 15.1. The maximum absolute atomic E-state index is 12.2. The smallest absolute Gasteiger partial charge is 0.319 e. The molecule has 3 amide bonds. The van der Waals surface area contributed by atoms with Crippen molar-refractivity contribution >= 4 is 23.6 Å². The van der Waals surface area contributed by atoms with Crippen LogP contribution in [-0.2, 0) is 14.3 Å². The molecule has 9 nitrogen and oxygen atoms in total. The fourth-order valence-corrected chi connectivity index (χ4v) is 2.13. The summed E-state index contributed by atoms with van der Waals surface area (Å²) in [6.45, 7) is 1.79. The molecule has 9 heteroatoms. The molecule has 0 fully saturated rings. The van der Waals surface area contributed by atoms with Crippen LogP contribution in [0.15, 0.2) is 18.3 Å². The number of aromatic nitrogens is 1. The van der Waals surface area contributed by atoms with E-state index in [0.29, 0.717) is 5.69 Å². The number of hydrogen-bond donors (Lipinski definition) is 2. The van der Waals surface area contributed by atoms with E-state index in [0.717, 1.165) is 0 Å². The Hall–Kier alpha value is -2.68. The van der Waals surface area contributed by atoms with Crippen LogP contribution in [0.4, 0.5) is 10.5 Å². The number of ether oxygens (including phenoxy) is 2. The highest BCUT2D eigenvalue weighted by Gasteiger charge is 2.30. The lowest BCUT2D eigenvalue weighted by Gasteiger charge is -2.29. The Morgan fingerprint density at radius 2 is 1.96 bits per heavy atom. The van der Waals surface area contributed by atoms with Crippen LogP contribution in [0, 0.1) is 0 Å². The number of nitrogens with one attached hydrogen (secondary N) is 2. The van der Waals surface area contributed by atoms with E-state index in [2.05, 4.69) is 20.4 Å². The maximum Gasteiger partial charge on any atom is 0.319 e. The van der Waals surface area contributed by atoms with Crippen molar-refractivity contribution in [3.8, 4) is 0 Å². The molecule has 1 heterocycles. The highest BCUT2D eigenvalue weighted by Crippen LogP contribution is 2.13. The topological polar surface area (TPSA) is 110 Å². The van der Waals surface area contributed by atoms with Crippen LogP contribution in [-0.4, -0.2) is 68.3 Å². The first-order valence-corrected chi connectivity index (χ1v) is 7.53. The van der Waals surface area contributed by atoms with Gasteiger partial charge in [0.25, 0.3) is 5.91 Å². The number of pyridine rings is 1. The molecule has 0 bridgehead atoms. The van der Waals surface area contributed by atoms with Gasteiger partial charge in [-0.15, -0.1) is 0 Å². The minimum Gasteiger partial charge on any atom is -0.469 e. The largest absolute Gasteiger partial charge is 0.469 e. The van der Waals surface area contributed by atoms with Crippen molar-refractivity contribution in [2.24, 2.45) is 0 Å². The average molecular weight is 352 g/mol. The van der Waals surface area contributed by atoms with Gasteiger partial charge < -0.3 is 25.0 Å². The second-order valence-corrected chi connectivity index (χ2v) is 5.96. The highest BCUT2D eigenvalue weighted by atomic mass is 16.5. The first-order valence-electron chi connectivity index (χ1n) is 7.53. The van der Waals surface area contributed by atoms with E-state index in [-0.39, 0.29) is 24.6 Å². The Kier molecular flexibility index (Phi) is 7.31. The molecule has 1 rings (SSSR count). The van der Waals surface area contributed by atoms with E-state index in [1.54, 1.807) is 27.1 Å². The molecule has 0 aromatic carbocycles. The summed E-state index contributed by atoms with van der Waals surface area (Å²) >= 11 is 0. The molecule has 0 aliphatic rings. The number of rotatable bonds is 7. The van der Waals surface area contributed by atoms with Crippen LogP contribution in [0.5, 0.6) is 0 Å². The number of hydrogen-bond acceptors (Lipinski definition) is 6. The van der Waals surface area contributed by atoms with Gasteiger partial charge in [0.2, 0.25) is 0 Å². The van der Waals surface area contributed by atoms with Crippen molar-refractivity contribution < 1.29 is 23.9 Å². The molecule has 0 aliphatic carbocycles. The number of urea groups is 1. The molecular weight excluding hydrogens is 328 g/mol. The summed E-state index contributed by atoms with van der Waals surface area (Å²) in [5.41, 5.74) is -0.339. The van der Waals surface area contributed by atoms with E-state index < -0.39 is 17.5 Å². The minimum absolute atomic E-state index is 0.0501. The van der Waals surface area contributed by atoms with Crippen molar-refractivity contribution in [2.45, 2.75) is 18.9 Å². The van der Waals surface area contributed by atoms with E-state index in [4.69, 9.17) is 4.74 Å². The standard InChI is InChI=1S/C16H24N4O5/c1-16(10-24-4,9-13(21)25-5)19-15(23)18-11-6-7-17-12(8-11)14(22)20(2)3/h6-8H,9-10H2,1-5H3,(H2,17,18,19,23)/t16-/m1/s1. The van der Waals surface area contributed by atoms with Gasteiger partial charge in [0.05, 0.1) is 25.7 Å². The van der Waals surface area contributed by atoms with E-state index in [1.165, 1.54) is 31.4 Å². The summed E-state index contributed by atoms with van der Waals surface area (Å²) in [6.07, 6.45) is 1.38. The third kappa shape index (κ3) is 6.38. The summed E-state index contributed by atoms with van der Waals surface area (Å²) in [6, 6.07) is 2.48. The Morgan fingerprint density at radius 1 is 1.28 bits per heavy atom. The average Bonchev–Trinajstić information content (AvgIpc) is 2.53. The fraction of sp³-hybridized carbons (Fsp3) is 0.500. The van der Waals surface area contributed by atoms with Gasteiger partial charge in [-0.1, -0.05) is 0 Å². The van der Waals surface area contributed by atoms with Crippen molar-refractivity contribution in [3.63, 3.8) is 0 Å². The lowest BCUT2D eigenvalue weighted by Crippen LogP contribution is -2.52. The lowest BCUT2D eigenvalue weighted by atomic mass is 9.99. The minimum atomic E-state index is -0.943. The van der Waals surface area contributed by atoms with Crippen molar-refractivity contribution in [3.05, 3.63) is 24.0 Å². The second-order valence-electron chi connectivity index (χ2n) is 5.96. The third-order valence-electron chi connectivity index (χ3n) is 3.28. The molecule has 0 unspecified atom stereocenters. The van der Waals surface area contributed by atoms with Crippen LogP contribution in [0.1, 0.15) is 23.8 Å². The molecule has 0 aliphatic heterocycles. The Morgan fingerprint density at radius 3 is 2.52 bits per heavy atom. The molecule has 25 heavy (non-hydrogen) atoms. The van der Waals surface area contributed by atoms with E-state index in [9.17, 15) is 14.4 Å². The maximum atomic E-state index is 12.2. The molecule has 2 N–H and O–H groups in total. The summed E-state index contributed by atoms with van der Waals surface area (Å²) in [7, 11) is 5.96. The van der Waals surface area contributed by atoms with Crippen LogP contribution < -0.4 is 10.6 Å². The second kappa shape index (κ2) is 8.97. The van der Waals surface area contributed by atoms with Gasteiger partial charge in [-0.2, -0.15) is 0 Å². The SMILES string of the molecule is COC[C@@](C)(CC(=O)OC)NC(=O)Nc1ccnc(C(=O)N(C)C)c1. The summed E-state index contributed by atoms with van der Waals surface area (Å²) in [4.78, 5) is 41.1. The van der Waals surface area contributed by atoms with Crippen molar-refractivity contribution in [1.29, 1.82) is 0 Å². The van der Waals surface area contributed by atoms with Crippen LogP contribution in [0.3, 0.4) is 0 Å². The molecule has 1 aromatic heterocycles. The predicted molar refractivity (Wildman–Crippen MR) is 91.3 cm³/mol. The first kappa shape index (κ1) is 20.4. The van der Waals surface area contributed by atoms with Crippen LogP contribution >= 0.6 is 0 Å². The molecule has 138 valence electrons. The Balaban J connectivity index is 2.82. The molecular formula is C16H24N4O5. The predicted octanol–water partition coefficient (Wildman–Crippen LogP) is 0.873. The zero-order chi connectivity index (χ0) is 19.0. The zero-order valence-electron chi connectivity index (χ0n) is 15.1. The molecule has 0 radical (unpaired) electrons. The number of anilines is 1. The molecule has 1 atom stereocenters. The van der Waals surface area contributed by atoms with E-state index >= 15 is 0 Å². The van der Waals surface area contributed by atoms with Gasteiger partial charge in [0, 0.05) is 33.1 Å². The molecule has 1 aromatic rings. The van der Waals surface area contributed by atoms with Gasteiger partial charge in [-0.05, 0) is 19.1 Å². The monoisotopic (exact) mass is 352 g/mol. The molecule has 0 saturated heterocycles. The van der Waals surface area contributed by atoms with Gasteiger partial charge in [0.1, 0.15) is 5.69 Å². The number of nitrogens with zero attached hydrogens (tertiary/aromatic N) is 2. The quantitative estimate of drug-likeness (QED) is 0.705. The van der Waals surface area contributed by atoms with Gasteiger partial charge >= 0.3 is 12.0 Å². The highest BCUT2D eigenvalue weighted by molar-refractivity contribution is 5.95. The number of carbonyl (C=O) groups excluding carboxylic acids is 3. The first-order chi connectivity index (χ1) is 11.7. The van der Waals surface area contributed by atoms with E-state index in [1.807, 2.05) is 0 Å². The third-order valence-corrected chi connectivity index (χ3v) is 3.28. The van der Waals surface area contributed by atoms with Gasteiger partial charge in [-0.25, -0.2) is 4.79 Å². The fourth-order valence-electron chi connectivity index (χ4n) is 2.13. The number of amides is 3. The van der Waals surface area contributed by atoms with Crippen LogP contribution in [0.2, 0.25) is 0 Å².